The Morgan fingerprint density at radius 3 is 2.15 bits per heavy atom. The summed E-state index contributed by atoms with van der Waals surface area (Å²) in [7, 11) is 2.84. The minimum Gasteiger partial charge on any atom is -0.502 e. The Kier molecular flexibility index (Phi) is 8.48. The van der Waals surface area contributed by atoms with Crippen LogP contribution in [-0.4, -0.2) is 94.2 Å². The van der Waals surface area contributed by atoms with Gasteiger partial charge in [0, 0.05) is 25.7 Å². The Morgan fingerprint density at radius 1 is 0.854 bits per heavy atom. The zero-order chi connectivity index (χ0) is 33.9. The molecule has 2 aromatic rings. The van der Waals surface area contributed by atoms with Crippen molar-refractivity contribution in [1.82, 2.24) is 0 Å². The van der Waals surface area contributed by atoms with Crippen molar-refractivity contribution < 1.29 is 71.6 Å². The summed E-state index contributed by atoms with van der Waals surface area (Å²) in [6, 6.07) is 6.87. The van der Waals surface area contributed by atoms with E-state index in [0.717, 1.165) is 0 Å². The van der Waals surface area contributed by atoms with Gasteiger partial charge in [-0.05, 0) is 47.9 Å². The van der Waals surface area contributed by atoms with Gasteiger partial charge < -0.3 is 57.2 Å². The molecule has 48 heavy (non-hydrogen) atoms. The third kappa shape index (κ3) is 5.53. The van der Waals surface area contributed by atoms with Crippen LogP contribution < -0.4 is 18.9 Å². The fraction of sp³-hybridized carbons (Fsp3) is 0.545. The molecule has 0 amide bonds. The maximum atomic E-state index is 13.6. The number of methoxy groups -OCH3 is 2. The summed E-state index contributed by atoms with van der Waals surface area (Å²) in [5.74, 6) is -2.65. The first-order valence-electron chi connectivity index (χ1n) is 15.5. The molecule has 4 heterocycles. The number of esters is 3. The molecule has 4 aliphatic heterocycles. The van der Waals surface area contributed by atoms with E-state index in [9.17, 15) is 19.5 Å². The molecule has 0 radical (unpaired) electrons. The van der Waals surface area contributed by atoms with E-state index in [-0.39, 0.29) is 37.3 Å². The molecule has 3 saturated heterocycles. The molecule has 0 spiro atoms. The van der Waals surface area contributed by atoms with Gasteiger partial charge in [0.15, 0.2) is 47.8 Å². The molecule has 1 N–H and O–H groups in total. The van der Waals surface area contributed by atoms with E-state index < -0.39 is 78.8 Å². The average molecular weight is 673 g/mol. The molecular formula is C33H36O15. The highest BCUT2D eigenvalue weighted by molar-refractivity contribution is 5.79. The summed E-state index contributed by atoms with van der Waals surface area (Å²) >= 11 is 0. The number of rotatable bonds is 7. The second kappa shape index (κ2) is 12.6. The van der Waals surface area contributed by atoms with Gasteiger partial charge in [-0.25, -0.2) is 0 Å². The maximum Gasteiger partial charge on any atom is 0.310 e. The van der Waals surface area contributed by atoms with E-state index in [1.807, 2.05) is 0 Å². The van der Waals surface area contributed by atoms with Crippen molar-refractivity contribution in [2.45, 2.75) is 69.8 Å². The Labute approximate surface area is 275 Å². The van der Waals surface area contributed by atoms with Crippen molar-refractivity contribution in [3.8, 4) is 28.7 Å². The highest BCUT2D eigenvalue weighted by Gasteiger charge is 2.58. The van der Waals surface area contributed by atoms with Gasteiger partial charge in [0.2, 0.25) is 12.5 Å². The van der Waals surface area contributed by atoms with Crippen LogP contribution >= 0.6 is 0 Å². The van der Waals surface area contributed by atoms with Gasteiger partial charge in [-0.2, -0.15) is 0 Å². The molecular weight excluding hydrogens is 636 g/mol. The summed E-state index contributed by atoms with van der Waals surface area (Å²) in [6.45, 7) is 4.25. The molecule has 0 saturated carbocycles. The second-order valence-electron chi connectivity index (χ2n) is 12.2. The van der Waals surface area contributed by atoms with Crippen LogP contribution in [0, 0.1) is 11.8 Å². The van der Waals surface area contributed by atoms with Gasteiger partial charge in [0.05, 0.1) is 39.5 Å². The van der Waals surface area contributed by atoms with Crippen LogP contribution in [0.15, 0.2) is 24.3 Å². The van der Waals surface area contributed by atoms with Crippen LogP contribution in [0.25, 0.3) is 0 Å². The molecule has 0 bridgehead atoms. The summed E-state index contributed by atoms with van der Waals surface area (Å²) < 4.78 is 64.2. The number of phenolic OH excluding ortho intramolecular Hbond substituents is 1. The minimum absolute atomic E-state index is 0.000973. The van der Waals surface area contributed by atoms with E-state index in [1.165, 1.54) is 28.1 Å². The lowest BCUT2D eigenvalue weighted by atomic mass is 9.66. The zero-order valence-corrected chi connectivity index (χ0v) is 26.9. The lowest BCUT2D eigenvalue weighted by Gasteiger charge is -2.49. The first-order valence-corrected chi connectivity index (χ1v) is 15.5. The molecule has 15 heteroatoms. The van der Waals surface area contributed by atoms with Crippen LogP contribution in [0.5, 0.6) is 28.7 Å². The predicted octanol–water partition coefficient (Wildman–Crippen LogP) is 2.48. The normalized spacial score (nSPS) is 33.1. The van der Waals surface area contributed by atoms with E-state index in [4.69, 9.17) is 52.1 Å². The summed E-state index contributed by atoms with van der Waals surface area (Å²) in [4.78, 5) is 38.3. The number of carbonyl (C=O) groups is 3. The Morgan fingerprint density at radius 2 is 1.50 bits per heavy atom. The van der Waals surface area contributed by atoms with Gasteiger partial charge >= 0.3 is 17.9 Å². The van der Waals surface area contributed by atoms with Gasteiger partial charge in [-0.3, -0.25) is 14.4 Å². The Balaban J connectivity index is 1.34. The summed E-state index contributed by atoms with van der Waals surface area (Å²) in [5, 5.41) is 10.7. The lowest BCUT2D eigenvalue weighted by molar-refractivity contribution is -0.365. The lowest BCUT2D eigenvalue weighted by Crippen LogP contribution is -2.65. The zero-order valence-electron chi connectivity index (χ0n) is 26.9. The number of benzene rings is 2. The molecule has 5 aliphatic rings. The maximum absolute atomic E-state index is 13.6. The predicted molar refractivity (Wildman–Crippen MR) is 157 cm³/mol. The van der Waals surface area contributed by atoms with Crippen molar-refractivity contribution in [2.24, 2.45) is 11.8 Å². The van der Waals surface area contributed by atoms with Crippen LogP contribution in [0.4, 0.5) is 0 Å². The topological polar surface area (TPSA) is 173 Å². The third-order valence-electron chi connectivity index (χ3n) is 9.30. The smallest absolute Gasteiger partial charge is 0.310 e. The highest BCUT2D eigenvalue weighted by Crippen LogP contribution is 2.57. The Bertz CT molecular complexity index is 1580. The van der Waals surface area contributed by atoms with E-state index >= 15 is 0 Å². The molecule has 0 unspecified atom stereocenters. The van der Waals surface area contributed by atoms with Gasteiger partial charge in [0.25, 0.3) is 0 Å². The van der Waals surface area contributed by atoms with E-state index in [0.29, 0.717) is 28.2 Å². The Hall–Kier alpha value is -4.31. The van der Waals surface area contributed by atoms with Crippen molar-refractivity contribution in [3.05, 3.63) is 41.0 Å². The quantitative estimate of drug-likeness (QED) is 0.336. The number of ether oxygens (including phenoxy) is 11. The highest BCUT2D eigenvalue weighted by atomic mass is 16.8. The molecule has 15 nitrogen and oxygen atoms in total. The van der Waals surface area contributed by atoms with Crippen molar-refractivity contribution in [1.29, 1.82) is 0 Å². The molecule has 258 valence electrons. The average Bonchev–Trinajstić information content (AvgIpc) is 3.68. The SMILES string of the molecule is COc1cc([C@@H]2c3cc4c(cc3[C@@H](O[C@@H]3O[C@@H]5CO[C@@H](C)O[C@H]5[C@H](OC(C)=O)[C@H]3OC(C)=O)[C@H]3COC(=O)[C@H]23)OCO4)cc(OC)c1O. The van der Waals surface area contributed by atoms with Gasteiger partial charge in [-0.1, -0.05) is 0 Å². The number of aromatic hydroxyl groups is 1. The van der Waals surface area contributed by atoms with E-state index in [1.54, 1.807) is 31.2 Å². The standard InChI is InChI=1S/C33H36O15/c1-13(34)44-30-29-24(11-40-15(3)46-29)47-33(31(30)45-14(2)35)48-28-18-9-21-20(42-12-43-21)8-17(18)25(26-19(28)10-41-32(26)37)16-6-22(38-4)27(36)23(7-16)39-5/h6-9,15,19,24-26,28-31,33,36H,10-12H2,1-5H3/t15-,19+,24-,25-,26+,28-,29-,30+,31-,33+/m1/s1. The number of hydrogen-bond acceptors (Lipinski definition) is 15. The van der Waals surface area contributed by atoms with Gasteiger partial charge in [0.1, 0.15) is 12.2 Å². The monoisotopic (exact) mass is 672 g/mol. The summed E-state index contributed by atoms with van der Waals surface area (Å²) in [5.41, 5.74) is 1.91. The van der Waals surface area contributed by atoms with Crippen LogP contribution in [0.3, 0.4) is 0 Å². The first-order chi connectivity index (χ1) is 23.1. The molecule has 7 rings (SSSR count). The first kappa shape index (κ1) is 32.2. The van der Waals surface area contributed by atoms with Crippen molar-refractivity contribution in [3.63, 3.8) is 0 Å². The number of carbonyl (C=O) groups excluding carboxylic acids is 3. The fourth-order valence-corrected chi connectivity index (χ4v) is 7.34. The van der Waals surface area contributed by atoms with E-state index in [2.05, 4.69) is 0 Å². The fourth-order valence-electron chi connectivity index (χ4n) is 7.34. The van der Waals surface area contributed by atoms with Crippen molar-refractivity contribution >= 4 is 17.9 Å². The molecule has 0 aromatic heterocycles. The van der Waals surface area contributed by atoms with Crippen LogP contribution in [0.2, 0.25) is 0 Å². The summed E-state index contributed by atoms with van der Waals surface area (Å²) in [6.07, 6.45) is -6.69. The second-order valence-corrected chi connectivity index (χ2v) is 12.2. The molecule has 2 aromatic carbocycles. The third-order valence-corrected chi connectivity index (χ3v) is 9.30. The minimum atomic E-state index is -1.29. The van der Waals surface area contributed by atoms with Crippen LogP contribution in [0.1, 0.15) is 49.5 Å². The molecule has 1 aliphatic carbocycles. The van der Waals surface area contributed by atoms with Crippen LogP contribution in [-0.2, 0) is 47.5 Å². The van der Waals surface area contributed by atoms with Crippen molar-refractivity contribution in [2.75, 3.05) is 34.2 Å². The molecule has 3 fully saturated rings. The molecule has 10 atom stereocenters. The largest absolute Gasteiger partial charge is 0.502 e. The number of phenols is 1. The number of fused-ring (bicyclic) bond motifs is 4. The number of cyclic esters (lactones) is 1. The van der Waals surface area contributed by atoms with Gasteiger partial charge in [-0.15, -0.1) is 0 Å². The number of hydrogen-bond donors (Lipinski definition) is 1.